The van der Waals surface area contributed by atoms with Crippen LogP contribution in [0, 0.1) is 0 Å². The van der Waals surface area contributed by atoms with Crippen molar-refractivity contribution in [3.05, 3.63) is 0 Å². The standard InChI is InChI=1S/C5H11NO3/c1-4(5(8)9)6-2-3-7/h4,6-7H,2-3H2,1H3,(H,8,9)/t4-/m0/s1. The van der Waals surface area contributed by atoms with Crippen LogP contribution in [-0.4, -0.2) is 35.4 Å². The lowest BCUT2D eigenvalue weighted by Crippen LogP contribution is -2.35. The number of rotatable bonds is 4. The van der Waals surface area contributed by atoms with Crippen LogP contribution in [0.25, 0.3) is 0 Å². The van der Waals surface area contributed by atoms with Crippen molar-refractivity contribution >= 4 is 5.97 Å². The number of aliphatic hydroxyl groups excluding tert-OH is 1. The molecule has 4 nitrogen and oxygen atoms in total. The molecule has 0 amide bonds. The van der Waals surface area contributed by atoms with E-state index in [4.69, 9.17) is 10.2 Å². The summed E-state index contributed by atoms with van der Waals surface area (Å²) >= 11 is 0. The monoisotopic (exact) mass is 133 g/mol. The predicted molar refractivity (Wildman–Crippen MR) is 32.2 cm³/mol. The largest absolute Gasteiger partial charge is 0.480 e. The Morgan fingerprint density at radius 2 is 2.33 bits per heavy atom. The summed E-state index contributed by atoms with van der Waals surface area (Å²) in [5.41, 5.74) is 0. The van der Waals surface area contributed by atoms with E-state index in [0.717, 1.165) is 0 Å². The smallest absolute Gasteiger partial charge is 0.320 e. The summed E-state index contributed by atoms with van der Waals surface area (Å²) in [6.45, 7) is 1.82. The molecule has 9 heavy (non-hydrogen) atoms. The van der Waals surface area contributed by atoms with Gasteiger partial charge in [0.1, 0.15) is 6.04 Å². The average molecular weight is 133 g/mol. The molecule has 0 aliphatic carbocycles. The van der Waals surface area contributed by atoms with E-state index in [1.54, 1.807) is 0 Å². The molecule has 0 spiro atoms. The van der Waals surface area contributed by atoms with Crippen LogP contribution in [0.15, 0.2) is 0 Å². The van der Waals surface area contributed by atoms with Crippen molar-refractivity contribution < 1.29 is 15.0 Å². The van der Waals surface area contributed by atoms with E-state index in [-0.39, 0.29) is 6.61 Å². The van der Waals surface area contributed by atoms with Gasteiger partial charge in [0.25, 0.3) is 0 Å². The molecule has 0 aromatic carbocycles. The van der Waals surface area contributed by atoms with Crippen LogP contribution >= 0.6 is 0 Å². The highest BCUT2D eigenvalue weighted by Gasteiger charge is 2.07. The Kier molecular flexibility index (Phi) is 4.00. The zero-order valence-electron chi connectivity index (χ0n) is 5.29. The molecule has 1 atom stereocenters. The number of nitrogens with one attached hydrogen (secondary N) is 1. The number of hydrogen-bond acceptors (Lipinski definition) is 3. The van der Waals surface area contributed by atoms with Gasteiger partial charge in [-0.3, -0.25) is 4.79 Å². The minimum Gasteiger partial charge on any atom is -0.480 e. The fourth-order valence-corrected chi connectivity index (χ4v) is 0.368. The van der Waals surface area contributed by atoms with Crippen molar-refractivity contribution in [3.8, 4) is 0 Å². The molecule has 0 bridgehead atoms. The lowest BCUT2D eigenvalue weighted by atomic mass is 10.3. The molecule has 0 aromatic rings. The van der Waals surface area contributed by atoms with Crippen molar-refractivity contribution in [1.29, 1.82) is 0 Å². The zero-order valence-corrected chi connectivity index (χ0v) is 5.29. The SMILES string of the molecule is C[C@H](NCCO)C(=O)O. The number of carbonyl (C=O) groups is 1. The number of carboxylic acid groups (broad SMARTS) is 1. The molecule has 0 saturated carbocycles. The molecule has 0 radical (unpaired) electrons. The summed E-state index contributed by atoms with van der Waals surface area (Å²) in [5.74, 6) is -0.900. The van der Waals surface area contributed by atoms with Crippen LogP contribution in [0.5, 0.6) is 0 Å². The molecule has 54 valence electrons. The Morgan fingerprint density at radius 3 is 2.67 bits per heavy atom. The topological polar surface area (TPSA) is 69.6 Å². The summed E-state index contributed by atoms with van der Waals surface area (Å²) in [7, 11) is 0. The predicted octanol–water partition coefficient (Wildman–Crippen LogP) is -0.959. The fourth-order valence-electron chi connectivity index (χ4n) is 0.368. The first-order valence-electron chi connectivity index (χ1n) is 2.75. The molecular weight excluding hydrogens is 122 g/mol. The van der Waals surface area contributed by atoms with E-state index in [0.29, 0.717) is 6.54 Å². The minimum absolute atomic E-state index is 0.0301. The highest BCUT2D eigenvalue weighted by molar-refractivity contribution is 5.72. The minimum atomic E-state index is -0.900. The normalized spacial score (nSPS) is 13.1. The van der Waals surface area contributed by atoms with Gasteiger partial charge in [0, 0.05) is 6.54 Å². The van der Waals surface area contributed by atoms with Gasteiger partial charge in [-0.2, -0.15) is 0 Å². The lowest BCUT2D eigenvalue weighted by molar-refractivity contribution is -0.139. The molecule has 0 aliphatic heterocycles. The summed E-state index contributed by atoms with van der Waals surface area (Å²) in [4.78, 5) is 10.1. The van der Waals surface area contributed by atoms with Gasteiger partial charge in [-0.15, -0.1) is 0 Å². The van der Waals surface area contributed by atoms with Crippen LogP contribution < -0.4 is 5.32 Å². The number of carboxylic acids is 1. The van der Waals surface area contributed by atoms with E-state index in [2.05, 4.69) is 5.32 Å². The van der Waals surface area contributed by atoms with Crippen LogP contribution in [0.1, 0.15) is 6.92 Å². The van der Waals surface area contributed by atoms with E-state index in [1.165, 1.54) is 6.92 Å². The van der Waals surface area contributed by atoms with Gasteiger partial charge < -0.3 is 15.5 Å². The lowest BCUT2D eigenvalue weighted by Gasteiger charge is -2.05. The van der Waals surface area contributed by atoms with Crippen molar-refractivity contribution in [2.75, 3.05) is 13.2 Å². The fraction of sp³-hybridized carbons (Fsp3) is 0.800. The molecular formula is C5H11NO3. The van der Waals surface area contributed by atoms with Crippen LogP contribution in [0.2, 0.25) is 0 Å². The highest BCUT2D eigenvalue weighted by atomic mass is 16.4. The van der Waals surface area contributed by atoms with Crippen molar-refractivity contribution in [1.82, 2.24) is 5.32 Å². The van der Waals surface area contributed by atoms with Gasteiger partial charge in [0.2, 0.25) is 0 Å². The highest BCUT2D eigenvalue weighted by Crippen LogP contribution is 1.77. The number of aliphatic hydroxyl groups is 1. The maximum absolute atomic E-state index is 10.1. The van der Waals surface area contributed by atoms with Gasteiger partial charge in [-0.25, -0.2) is 0 Å². The average Bonchev–Trinajstić information content (AvgIpc) is 1.82. The molecule has 0 rings (SSSR count). The van der Waals surface area contributed by atoms with Crippen molar-refractivity contribution in [3.63, 3.8) is 0 Å². The van der Waals surface area contributed by atoms with Crippen LogP contribution in [0.3, 0.4) is 0 Å². The van der Waals surface area contributed by atoms with Gasteiger partial charge in [0.15, 0.2) is 0 Å². The zero-order chi connectivity index (χ0) is 7.28. The van der Waals surface area contributed by atoms with Gasteiger partial charge in [-0.1, -0.05) is 0 Å². The van der Waals surface area contributed by atoms with E-state index >= 15 is 0 Å². The molecule has 0 saturated heterocycles. The van der Waals surface area contributed by atoms with Crippen LogP contribution in [-0.2, 0) is 4.79 Å². The second-order valence-corrected chi connectivity index (χ2v) is 1.74. The Hall–Kier alpha value is -0.610. The van der Waals surface area contributed by atoms with E-state index in [1.807, 2.05) is 0 Å². The third-order valence-electron chi connectivity index (χ3n) is 0.933. The summed E-state index contributed by atoms with van der Waals surface area (Å²) < 4.78 is 0. The second kappa shape index (κ2) is 4.29. The molecule has 0 heterocycles. The number of hydrogen-bond donors (Lipinski definition) is 3. The molecule has 0 aliphatic rings. The quantitative estimate of drug-likeness (QED) is 0.462. The third kappa shape index (κ3) is 3.93. The first-order chi connectivity index (χ1) is 4.18. The Labute approximate surface area is 53.5 Å². The molecule has 3 N–H and O–H groups in total. The summed E-state index contributed by atoms with van der Waals surface area (Å²) in [6, 6.07) is -0.572. The molecule has 0 unspecified atom stereocenters. The first-order valence-corrected chi connectivity index (χ1v) is 2.75. The Balaban J connectivity index is 3.27. The molecule has 0 fully saturated rings. The summed E-state index contributed by atoms with van der Waals surface area (Å²) in [6.07, 6.45) is 0. The summed E-state index contributed by atoms with van der Waals surface area (Å²) in [5, 5.41) is 19.1. The van der Waals surface area contributed by atoms with Gasteiger partial charge in [0.05, 0.1) is 6.61 Å². The third-order valence-corrected chi connectivity index (χ3v) is 0.933. The molecule has 4 heteroatoms. The maximum Gasteiger partial charge on any atom is 0.320 e. The van der Waals surface area contributed by atoms with Gasteiger partial charge >= 0.3 is 5.97 Å². The second-order valence-electron chi connectivity index (χ2n) is 1.74. The Bertz CT molecular complexity index is 94.2. The molecule has 0 aromatic heterocycles. The van der Waals surface area contributed by atoms with Gasteiger partial charge in [-0.05, 0) is 6.92 Å². The van der Waals surface area contributed by atoms with Crippen molar-refractivity contribution in [2.24, 2.45) is 0 Å². The number of aliphatic carboxylic acids is 1. The van der Waals surface area contributed by atoms with Crippen molar-refractivity contribution in [2.45, 2.75) is 13.0 Å². The van der Waals surface area contributed by atoms with Crippen LogP contribution in [0.4, 0.5) is 0 Å². The van der Waals surface area contributed by atoms with E-state index in [9.17, 15) is 4.79 Å². The Morgan fingerprint density at radius 1 is 1.78 bits per heavy atom. The maximum atomic E-state index is 10.1. The van der Waals surface area contributed by atoms with E-state index < -0.39 is 12.0 Å². The first kappa shape index (κ1) is 8.39.